The van der Waals surface area contributed by atoms with Crippen molar-refractivity contribution in [2.24, 2.45) is 5.92 Å². The van der Waals surface area contributed by atoms with E-state index in [0.29, 0.717) is 41.7 Å². The van der Waals surface area contributed by atoms with Crippen molar-refractivity contribution in [2.45, 2.75) is 19.4 Å². The van der Waals surface area contributed by atoms with Crippen molar-refractivity contribution in [3.05, 3.63) is 47.3 Å². The molecule has 1 fully saturated rings. The summed E-state index contributed by atoms with van der Waals surface area (Å²) in [6.45, 7) is 2.35. The van der Waals surface area contributed by atoms with E-state index in [-0.39, 0.29) is 18.5 Å². The summed E-state index contributed by atoms with van der Waals surface area (Å²) in [5.41, 5.74) is 1.34. The summed E-state index contributed by atoms with van der Waals surface area (Å²) in [4.78, 5) is 15.3. The van der Waals surface area contributed by atoms with Gasteiger partial charge in [0.1, 0.15) is 11.6 Å². The number of piperidine rings is 1. The predicted molar refractivity (Wildman–Crippen MR) is 104 cm³/mol. The normalized spacial score (nSPS) is 18.5. The Bertz CT molecular complexity index is 916. The van der Waals surface area contributed by atoms with Crippen molar-refractivity contribution < 1.29 is 28.1 Å². The number of rotatable bonds is 6. The molecule has 0 bridgehead atoms. The quantitative estimate of drug-likeness (QED) is 0.689. The minimum absolute atomic E-state index is 0.0747. The molecule has 7 heteroatoms. The molecule has 6 nitrogen and oxygen atoms in total. The van der Waals surface area contributed by atoms with E-state index in [2.05, 4.69) is 4.90 Å². The Kier molecular flexibility index (Phi) is 5.58. The van der Waals surface area contributed by atoms with E-state index in [9.17, 15) is 9.18 Å². The van der Waals surface area contributed by atoms with Gasteiger partial charge >= 0.3 is 0 Å². The van der Waals surface area contributed by atoms with E-state index < -0.39 is 5.82 Å². The van der Waals surface area contributed by atoms with Gasteiger partial charge in [0.2, 0.25) is 12.5 Å². The van der Waals surface area contributed by atoms with Gasteiger partial charge in [0.05, 0.1) is 19.8 Å². The van der Waals surface area contributed by atoms with Crippen LogP contribution in [0.2, 0.25) is 0 Å². The molecule has 0 unspecified atom stereocenters. The maximum absolute atomic E-state index is 13.7. The topological polar surface area (TPSA) is 57.2 Å². The summed E-state index contributed by atoms with van der Waals surface area (Å²) in [7, 11) is 3.09. The molecule has 2 heterocycles. The van der Waals surface area contributed by atoms with Crippen LogP contribution in [0.3, 0.4) is 0 Å². The van der Waals surface area contributed by atoms with Crippen molar-refractivity contribution in [1.29, 1.82) is 0 Å². The van der Waals surface area contributed by atoms with E-state index >= 15 is 0 Å². The number of likely N-dealkylation sites (tertiary alicyclic amines) is 1. The standard InChI is InChI=1S/C22H24FNO5/c1-26-18-6-5-16(23)10-17(18)21(25)15-4-3-7-24(12-15)11-14-8-19(27-2)22-20(9-14)28-13-29-22/h5-6,8-10,15H,3-4,7,11-13H2,1-2H3/t15-/m1/s1. The average molecular weight is 401 g/mol. The maximum Gasteiger partial charge on any atom is 0.231 e. The highest BCUT2D eigenvalue weighted by Crippen LogP contribution is 2.42. The highest BCUT2D eigenvalue weighted by Gasteiger charge is 2.29. The van der Waals surface area contributed by atoms with E-state index in [1.54, 1.807) is 7.11 Å². The smallest absolute Gasteiger partial charge is 0.231 e. The molecule has 0 spiro atoms. The van der Waals surface area contributed by atoms with Crippen LogP contribution in [0.15, 0.2) is 30.3 Å². The fourth-order valence-corrected chi connectivity index (χ4v) is 4.04. The first kappa shape index (κ1) is 19.5. The molecular formula is C22H24FNO5. The van der Waals surface area contributed by atoms with Crippen LogP contribution in [-0.4, -0.2) is 44.8 Å². The number of hydrogen-bond acceptors (Lipinski definition) is 6. The lowest BCUT2D eigenvalue weighted by Crippen LogP contribution is -2.38. The molecule has 0 aromatic heterocycles. The zero-order chi connectivity index (χ0) is 20.4. The molecule has 0 saturated carbocycles. The van der Waals surface area contributed by atoms with Gasteiger partial charge in [-0.25, -0.2) is 4.39 Å². The number of carbonyl (C=O) groups is 1. The fraction of sp³-hybridized carbons (Fsp3) is 0.409. The van der Waals surface area contributed by atoms with Gasteiger partial charge in [0.15, 0.2) is 17.3 Å². The molecule has 2 aliphatic heterocycles. The Morgan fingerprint density at radius 1 is 1.17 bits per heavy atom. The third kappa shape index (κ3) is 4.00. The highest BCUT2D eigenvalue weighted by molar-refractivity contribution is 6.00. The molecule has 2 aromatic rings. The first-order valence-electron chi connectivity index (χ1n) is 9.65. The molecular weight excluding hydrogens is 377 g/mol. The Morgan fingerprint density at radius 3 is 2.79 bits per heavy atom. The van der Waals surface area contributed by atoms with Gasteiger partial charge in [-0.2, -0.15) is 0 Å². The summed E-state index contributed by atoms with van der Waals surface area (Å²) < 4.78 is 35.3. The minimum atomic E-state index is -0.436. The first-order valence-corrected chi connectivity index (χ1v) is 9.65. The SMILES string of the molecule is COc1ccc(F)cc1C(=O)[C@@H]1CCCN(Cc2cc(OC)c3c(c2)OCO3)C1. The highest BCUT2D eigenvalue weighted by atomic mass is 19.1. The Morgan fingerprint density at radius 2 is 2.00 bits per heavy atom. The second-order valence-electron chi connectivity index (χ2n) is 7.31. The van der Waals surface area contributed by atoms with Crippen LogP contribution in [0, 0.1) is 11.7 Å². The predicted octanol–water partition coefficient (Wildman–Crippen LogP) is 3.67. The third-order valence-electron chi connectivity index (χ3n) is 5.43. The van der Waals surface area contributed by atoms with Crippen molar-refractivity contribution in [1.82, 2.24) is 4.90 Å². The third-order valence-corrected chi connectivity index (χ3v) is 5.43. The van der Waals surface area contributed by atoms with Gasteiger partial charge in [-0.3, -0.25) is 9.69 Å². The van der Waals surface area contributed by atoms with Crippen LogP contribution in [0.25, 0.3) is 0 Å². The fourth-order valence-electron chi connectivity index (χ4n) is 4.04. The van der Waals surface area contributed by atoms with Gasteiger partial charge in [0.25, 0.3) is 0 Å². The number of methoxy groups -OCH3 is 2. The van der Waals surface area contributed by atoms with Crippen molar-refractivity contribution >= 4 is 5.78 Å². The molecule has 2 aliphatic rings. The second kappa shape index (κ2) is 8.29. The lowest BCUT2D eigenvalue weighted by molar-refractivity contribution is 0.0808. The minimum Gasteiger partial charge on any atom is -0.496 e. The molecule has 2 aromatic carbocycles. The Balaban J connectivity index is 1.49. The largest absolute Gasteiger partial charge is 0.496 e. The van der Waals surface area contributed by atoms with Crippen LogP contribution in [0.4, 0.5) is 4.39 Å². The number of Topliss-reactive ketones (excluding diaryl/α,β-unsaturated/α-hetero) is 1. The van der Waals surface area contributed by atoms with Gasteiger partial charge in [0, 0.05) is 19.0 Å². The number of ether oxygens (including phenoxy) is 4. The van der Waals surface area contributed by atoms with Crippen LogP contribution < -0.4 is 18.9 Å². The Labute approximate surface area is 169 Å². The lowest BCUT2D eigenvalue weighted by Gasteiger charge is -2.32. The van der Waals surface area contributed by atoms with Gasteiger partial charge in [-0.15, -0.1) is 0 Å². The van der Waals surface area contributed by atoms with Crippen LogP contribution in [0.1, 0.15) is 28.8 Å². The van der Waals surface area contributed by atoms with Crippen LogP contribution in [0.5, 0.6) is 23.0 Å². The van der Waals surface area contributed by atoms with E-state index in [0.717, 1.165) is 24.9 Å². The molecule has 0 amide bonds. The number of halogens is 1. The number of ketones is 1. The van der Waals surface area contributed by atoms with E-state index in [1.165, 1.54) is 25.3 Å². The number of nitrogens with zero attached hydrogens (tertiary/aromatic N) is 1. The van der Waals surface area contributed by atoms with Crippen molar-refractivity contribution in [3.63, 3.8) is 0 Å². The van der Waals surface area contributed by atoms with E-state index in [4.69, 9.17) is 18.9 Å². The number of hydrogen-bond donors (Lipinski definition) is 0. The summed E-state index contributed by atoms with van der Waals surface area (Å²) >= 11 is 0. The molecule has 1 saturated heterocycles. The summed E-state index contributed by atoms with van der Waals surface area (Å²) in [6, 6.07) is 7.96. The zero-order valence-electron chi connectivity index (χ0n) is 16.6. The summed E-state index contributed by atoms with van der Waals surface area (Å²) in [5, 5.41) is 0. The monoisotopic (exact) mass is 401 g/mol. The number of fused-ring (bicyclic) bond motifs is 1. The van der Waals surface area contributed by atoms with Crippen LogP contribution in [-0.2, 0) is 6.54 Å². The van der Waals surface area contributed by atoms with Crippen LogP contribution >= 0.6 is 0 Å². The number of carbonyl (C=O) groups excluding carboxylic acids is 1. The summed E-state index contributed by atoms with van der Waals surface area (Å²) in [6.07, 6.45) is 1.68. The number of benzene rings is 2. The zero-order valence-corrected chi connectivity index (χ0v) is 16.6. The van der Waals surface area contributed by atoms with Crippen molar-refractivity contribution in [3.8, 4) is 23.0 Å². The molecule has 1 atom stereocenters. The molecule has 4 rings (SSSR count). The lowest BCUT2D eigenvalue weighted by atomic mass is 9.89. The van der Waals surface area contributed by atoms with Gasteiger partial charge in [-0.1, -0.05) is 0 Å². The first-order chi connectivity index (χ1) is 14.1. The van der Waals surface area contributed by atoms with Crippen molar-refractivity contribution in [2.75, 3.05) is 34.1 Å². The molecule has 29 heavy (non-hydrogen) atoms. The average Bonchev–Trinajstić information content (AvgIpc) is 3.21. The molecule has 0 N–H and O–H groups in total. The van der Waals surface area contributed by atoms with E-state index in [1.807, 2.05) is 12.1 Å². The summed E-state index contributed by atoms with van der Waals surface area (Å²) in [5.74, 6) is 1.65. The van der Waals surface area contributed by atoms with Gasteiger partial charge in [-0.05, 0) is 55.3 Å². The molecule has 0 aliphatic carbocycles. The van der Waals surface area contributed by atoms with Gasteiger partial charge < -0.3 is 18.9 Å². The maximum atomic E-state index is 13.7. The second-order valence-corrected chi connectivity index (χ2v) is 7.31. The molecule has 154 valence electrons. The Hall–Kier alpha value is -2.80. The molecule has 0 radical (unpaired) electrons.